The molecule has 1 fully saturated rings. The molecular formula is C11H13NO5S2. The van der Waals surface area contributed by atoms with Gasteiger partial charge in [0.25, 0.3) is 5.69 Å². The van der Waals surface area contributed by atoms with E-state index in [4.69, 9.17) is 0 Å². The number of benzene rings is 1. The van der Waals surface area contributed by atoms with E-state index < -0.39 is 23.2 Å². The quantitative estimate of drug-likeness (QED) is 0.561. The first-order chi connectivity index (χ1) is 8.99. The Morgan fingerprint density at radius 3 is 2.42 bits per heavy atom. The van der Waals surface area contributed by atoms with Gasteiger partial charge in [0.1, 0.15) is 12.2 Å². The van der Waals surface area contributed by atoms with E-state index in [2.05, 4.69) is 0 Å². The number of hydrogen-bond acceptors (Lipinski definition) is 7. The third-order valence-corrected chi connectivity index (χ3v) is 5.65. The van der Waals surface area contributed by atoms with Crippen molar-refractivity contribution in [2.75, 3.05) is 5.75 Å². The van der Waals surface area contributed by atoms with Crippen LogP contribution in [0.25, 0.3) is 0 Å². The molecule has 8 heteroatoms. The number of nitro benzene ring substituents is 1. The average molecular weight is 303 g/mol. The van der Waals surface area contributed by atoms with Crippen LogP contribution in [0.1, 0.15) is 0 Å². The minimum absolute atomic E-state index is 0.0108. The van der Waals surface area contributed by atoms with Gasteiger partial charge in [-0.25, -0.2) is 0 Å². The van der Waals surface area contributed by atoms with Gasteiger partial charge in [0, 0.05) is 22.8 Å². The molecule has 1 aromatic carbocycles. The fraction of sp³-hybridized carbons (Fsp3) is 0.455. The van der Waals surface area contributed by atoms with E-state index >= 15 is 0 Å². The largest absolute Gasteiger partial charge is 0.389 e. The topological polar surface area (TPSA) is 104 Å². The zero-order valence-corrected chi connectivity index (χ0v) is 11.4. The molecule has 104 valence electrons. The minimum atomic E-state index is -1.16. The van der Waals surface area contributed by atoms with Gasteiger partial charge in [0.15, 0.2) is 0 Å². The molecule has 1 aliphatic heterocycles. The van der Waals surface area contributed by atoms with Gasteiger partial charge in [0.2, 0.25) is 0 Å². The fourth-order valence-electron chi connectivity index (χ4n) is 1.66. The molecule has 0 spiro atoms. The highest BCUT2D eigenvalue weighted by Crippen LogP contribution is 2.38. The zero-order chi connectivity index (χ0) is 14.0. The van der Waals surface area contributed by atoms with Crippen molar-refractivity contribution in [3.63, 3.8) is 0 Å². The lowest BCUT2D eigenvalue weighted by molar-refractivity contribution is -0.384. The van der Waals surface area contributed by atoms with E-state index in [-0.39, 0.29) is 10.3 Å². The van der Waals surface area contributed by atoms with Crippen molar-refractivity contribution in [3.05, 3.63) is 34.4 Å². The number of rotatable bonds is 3. The molecule has 19 heavy (non-hydrogen) atoms. The first-order valence-electron chi connectivity index (χ1n) is 5.56. The van der Waals surface area contributed by atoms with Crippen LogP contribution in [0.5, 0.6) is 0 Å². The second-order valence-corrected chi connectivity index (χ2v) is 6.81. The molecule has 1 aliphatic rings. The van der Waals surface area contributed by atoms with Crippen LogP contribution in [0.4, 0.5) is 5.69 Å². The Balaban J connectivity index is 2.03. The molecule has 1 heterocycles. The smallest absolute Gasteiger partial charge is 0.269 e. The van der Waals surface area contributed by atoms with Crippen LogP contribution >= 0.6 is 23.5 Å². The number of hydrogen-bond donors (Lipinski definition) is 3. The lowest BCUT2D eigenvalue weighted by Crippen LogP contribution is -2.47. The fourth-order valence-corrected chi connectivity index (χ4v) is 4.31. The second-order valence-electron chi connectivity index (χ2n) is 4.12. The summed E-state index contributed by atoms with van der Waals surface area (Å²) >= 11 is 2.68. The van der Waals surface area contributed by atoms with Crippen LogP contribution in [0.3, 0.4) is 0 Å². The van der Waals surface area contributed by atoms with Crippen molar-refractivity contribution in [2.45, 2.75) is 27.8 Å². The Hall–Kier alpha value is -0.800. The third-order valence-electron chi connectivity index (χ3n) is 2.75. The summed E-state index contributed by atoms with van der Waals surface area (Å²) in [4.78, 5) is 10.8. The summed E-state index contributed by atoms with van der Waals surface area (Å²) in [5.74, 6) is 0.350. The highest BCUT2D eigenvalue weighted by atomic mass is 32.2. The van der Waals surface area contributed by atoms with Gasteiger partial charge >= 0.3 is 0 Å². The standard InChI is InChI=1S/C11H13NO5S2/c13-8-5-18-11(10(15)9(8)14)19-7-3-1-6(2-4-7)12(16)17/h1-4,8-11,13-15H,5H2. The van der Waals surface area contributed by atoms with E-state index in [9.17, 15) is 25.4 Å². The van der Waals surface area contributed by atoms with Crippen molar-refractivity contribution < 1.29 is 20.2 Å². The van der Waals surface area contributed by atoms with Crippen LogP contribution in [-0.2, 0) is 0 Å². The first-order valence-corrected chi connectivity index (χ1v) is 7.49. The van der Waals surface area contributed by atoms with Crippen molar-refractivity contribution in [3.8, 4) is 0 Å². The highest BCUT2D eigenvalue weighted by molar-refractivity contribution is 8.17. The molecule has 4 unspecified atom stereocenters. The molecule has 0 amide bonds. The van der Waals surface area contributed by atoms with Gasteiger partial charge in [-0.2, -0.15) is 0 Å². The number of nitro groups is 1. The summed E-state index contributed by atoms with van der Waals surface area (Å²) in [6.07, 6.45) is -3.11. The molecule has 6 nitrogen and oxygen atoms in total. The number of aliphatic hydroxyl groups is 3. The summed E-state index contributed by atoms with van der Waals surface area (Å²) in [6.45, 7) is 0. The monoisotopic (exact) mass is 303 g/mol. The van der Waals surface area contributed by atoms with Crippen molar-refractivity contribution in [2.24, 2.45) is 0 Å². The molecule has 2 rings (SSSR count). The Bertz CT molecular complexity index is 455. The van der Waals surface area contributed by atoms with E-state index in [1.54, 1.807) is 12.1 Å². The lowest BCUT2D eigenvalue weighted by Gasteiger charge is -2.34. The maximum atomic E-state index is 10.5. The summed E-state index contributed by atoms with van der Waals surface area (Å²) < 4.78 is -0.306. The maximum Gasteiger partial charge on any atom is 0.269 e. The minimum Gasteiger partial charge on any atom is -0.389 e. The number of thioether (sulfide) groups is 2. The maximum absolute atomic E-state index is 10.5. The number of nitrogens with zero attached hydrogens (tertiary/aromatic N) is 1. The SMILES string of the molecule is O=[N+]([O-])c1ccc(SC2SCC(O)C(O)C2O)cc1. The van der Waals surface area contributed by atoms with E-state index in [0.29, 0.717) is 5.75 Å². The van der Waals surface area contributed by atoms with Gasteiger partial charge in [-0.3, -0.25) is 10.1 Å². The van der Waals surface area contributed by atoms with E-state index in [1.807, 2.05) is 0 Å². The van der Waals surface area contributed by atoms with Gasteiger partial charge in [-0.15, -0.1) is 23.5 Å². The Labute approximate surface area is 118 Å². The zero-order valence-electron chi connectivity index (χ0n) is 9.75. The molecule has 3 N–H and O–H groups in total. The molecule has 0 saturated carbocycles. The molecule has 0 aromatic heterocycles. The van der Waals surface area contributed by atoms with Gasteiger partial charge in [-0.1, -0.05) is 0 Å². The molecule has 1 aromatic rings. The Morgan fingerprint density at radius 2 is 1.84 bits per heavy atom. The average Bonchev–Trinajstić information content (AvgIpc) is 2.40. The van der Waals surface area contributed by atoms with Gasteiger partial charge in [-0.05, 0) is 12.1 Å². The first kappa shape index (κ1) is 14.6. The molecular weight excluding hydrogens is 290 g/mol. The predicted octanol–water partition coefficient (Wildman–Crippen LogP) is 0.842. The van der Waals surface area contributed by atoms with Crippen LogP contribution < -0.4 is 0 Å². The number of non-ortho nitro benzene ring substituents is 1. The summed E-state index contributed by atoms with van der Waals surface area (Å²) in [5, 5.41) is 39.4. The van der Waals surface area contributed by atoms with E-state index in [1.165, 1.54) is 35.7 Å². The second kappa shape index (κ2) is 6.10. The number of aliphatic hydroxyl groups excluding tert-OH is 3. The highest BCUT2D eigenvalue weighted by Gasteiger charge is 2.37. The van der Waals surface area contributed by atoms with Crippen LogP contribution in [0.15, 0.2) is 29.2 Å². The van der Waals surface area contributed by atoms with E-state index in [0.717, 1.165) is 4.90 Å². The lowest BCUT2D eigenvalue weighted by atomic mass is 10.1. The van der Waals surface area contributed by atoms with Crippen LogP contribution in [0.2, 0.25) is 0 Å². The van der Waals surface area contributed by atoms with Crippen molar-refractivity contribution in [1.82, 2.24) is 0 Å². The van der Waals surface area contributed by atoms with Crippen molar-refractivity contribution in [1.29, 1.82) is 0 Å². The third kappa shape index (κ3) is 3.40. The Morgan fingerprint density at radius 1 is 1.21 bits per heavy atom. The molecule has 1 saturated heterocycles. The molecule has 4 atom stereocenters. The molecule has 0 radical (unpaired) electrons. The van der Waals surface area contributed by atoms with Crippen LogP contribution in [-0.4, -0.2) is 48.9 Å². The van der Waals surface area contributed by atoms with Gasteiger partial charge < -0.3 is 15.3 Å². The molecule has 0 aliphatic carbocycles. The van der Waals surface area contributed by atoms with Crippen molar-refractivity contribution >= 4 is 29.2 Å². The summed E-state index contributed by atoms with van der Waals surface area (Å²) in [5.41, 5.74) is 0.0108. The van der Waals surface area contributed by atoms with Crippen LogP contribution in [0, 0.1) is 10.1 Å². The summed E-state index contributed by atoms with van der Waals surface area (Å²) in [6, 6.07) is 6.00. The van der Waals surface area contributed by atoms with Gasteiger partial charge in [0.05, 0.1) is 15.6 Å². The normalized spacial score (nSPS) is 31.1. The summed E-state index contributed by atoms with van der Waals surface area (Å²) in [7, 11) is 0. The molecule has 0 bridgehead atoms. The Kier molecular flexibility index (Phi) is 4.69. The predicted molar refractivity (Wildman–Crippen MR) is 73.2 cm³/mol.